The summed E-state index contributed by atoms with van der Waals surface area (Å²) in [4.78, 5) is 42.0. The van der Waals surface area contributed by atoms with E-state index < -0.39 is 30.1 Å². The predicted molar refractivity (Wildman–Crippen MR) is 126 cm³/mol. The maximum atomic E-state index is 13.0. The third-order valence-electron chi connectivity index (χ3n) is 5.65. The summed E-state index contributed by atoms with van der Waals surface area (Å²) in [7, 11) is 0. The van der Waals surface area contributed by atoms with Crippen LogP contribution >= 0.6 is 12.6 Å². The average molecular weight is 468 g/mol. The van der Waals surface area contributed by atoms with Crippen molar-refractivity contribution >= 4 is 41.5 Å². The minimum Gasteiger partial charge on any atom is -0.480 e. The van der Waals surface area contributed by atoms with Crippen molar-refractivity contribution in [3.63, 3.8) is 0 Å². The lowest BCUT2D eigenvalue weighted by molar-refractivity contribution is -0.142. The lowest BCUT2D eigenvalue weighted by Gasteiger charge is -2.24. The number of carboxylic acids is 1. The van der Waals surface area contributed by atoms with Crippen LogP contribution < -0.4 is 5.32 Å². The topological polar surface area (TPSA) is 112 Å². The second-order valence-electron chi connectivity index (χ2n) is 8.08. The molecule has 4 rings (SSSR count). The second-order valence-corrected chi connectivity index (χ2v) is 8.81. The number of hydrogen-bond acceptors (Lipinski definition) is 5. The van der Waals surface area contributed by atoms with Crippen LogP contribution in [0.15, 0.2) is 60.7 Å². The highest BCUT2D eigenvalue weighted by Crippen LogP contribution is 2.24. The van der Waals surface area contributed by atoms with Crippen LogP contribution in [0.2, 0.25) is 0 Å². The first-order valence-electron chi connectivity index (χ1n) is 10.7. The van der Waals surface area contributed by atoms with Gasteiger partial charge in [-0.3, -0.25) is 9.69 Å². The van der Waals surface area contributed by atoms with Crippen LogP contribution in [0.3, 0.4) is 0 Å². The van der Waals surface area contributed by atoms with Gasteiger partial charge in [-0.05, 0) is 29.5 Å². The average Bonchev–Trinajstić information content (AvgIpc) is 3.40. The highest BCUT2D eigenvalue weighted by molar-refractivity contribution is 7.81. The van der Waals surface area contributed by atoms with Gasteiger partial charge in [0.15, 0.2) is 0 Å². The van der Waals surface area contributed by atoms with Gasteiger partial charge in [0.25, 0.3) is 0 Å². The third-order valence-corrected chi connectivity index (χ3v) is 6.02. The van der Waals surface area contributed by atoms with E-state index in [4.69, 9.17) is 4.74 Å². The molecular formula is C24H25N3O5S. The van der Waals surface area contributed by atoms with Crippen molar-refractivity contribution in [2.75, 3.05) is 6.54 Å². The SMILES string of the molecule is O=C(O)[C@H](Cc1cc2ccccc2[nH]1)NC(=O)[C@@H]1C[C@@H](S)CN1C(=O)OCc1ccccc1. The van der Waals surface area contributed by atoms with E-state index in [1.54, 1.807) is 0 Å². The van der Waals surface area contributed by atoms with Gasteiger partial charge < -0.3 is 20.1 Å². The Hall–Kier alpha value is -3.46. The van der Waals surface area contributed by atoms with E-state index in [-0.39, 0.29) is 24.8 Å². The number of carbonyl (C=O) groups excluding carboxylic acids is 2. The van der Waals surface area contributed by atoms with Crippen LogP contribution in [0.1, 0.15) is 17.7 Å². The summed E-state index contributed by atoms with van der Waals surface area (Å²) in [6.07, 6.45) is -0.225. The molecule has 1 saturated heterocycles. The molecule has 3 N–H and O–H groups in total. The number of aromatic amines is 1. The summed E-state index contributed by atoms with van der Waals surface area (Å²) in [5.74, 6) is -1.69. The smallest absolute Gasteiger partial charge is 0.410 e. The fraction of sp³-hybridized carbons (Fsp3) is 0.292. The molecule has 33 heavy (non-hydrogen) atoms. The number of thiol groups is 1. The Morgan fingerprint density at radius 3 is 2.61 bits per heavy atom. The maximum absolute atomic E-state index is 13.0. The van der Waals surface area contributed by atoms with Crippen LogP contribution in [-0.2, 0) is 27.4 Å². The molecule has 2 amide bonds. The zero-order valence-electron chi connectivity index (χ0n) is 17.8. The van der Waals surface area contributed by atoms with Gasteiger partial charge in [0.2, 0.25) is 5.91 Å². The van der Waals surface area contributed by atoms with Crippen LogP contribution in [0.5, 0.6) is 0 Å². The van der Waals surface area contributed by atoms with E-state index in [9.17, 15) is 19.5 Å². The molecule has 1 aromatic heterocycles. The summed E-state index contributed by atoms with van der Waals surface area (Å²) < 4.78 is 5.37. The zero-order chi connectivity index (χ0) is 23.4. The Bertz CT molecular complexity index is 1120. The zero-order valence-corrected chi connectivity index (χ0v) is 18.7. The largest absolute Gasteiger partial charge is 0.480 e. The third kappa shape index (κ3) is 5.48. The number of nitrogens with zero attached hydrogens (tertiary/aromatic N) is 1. The summed E-state index contributed by atoms with van der Waals surface area (Å²) in [5, 5.41) is 13.0. The quantitative estimate of drug-likeness (QED) is 0.399. The minimum absolute atomic E-state index is 0.0832. The van der Waals surface area contributed by atoms with E-state index in [1.807, 2.05) is 60.7 Å². The van der Waals surface area contributed by atoms with Gasteiger partial charge >= 0.3 is 12.1 Å². The van der Waals surface area contributed by atoms with E-state index in [0.29, 0.717) is 12.1 Å². The molecule has 1 aliphatic rings. The Kier molecular flexibility index (Phi) is 6.88. The fourth-order valence-electron chi connectivity index (χ4n) is 4.00. The fourth-order valence-corrected chi connectivity index (χ4v) is 4.37. The molecular weight excluding hydrogens is 442 g/mol. The van der Waals surface area contributed by atoms with Gasteiger partial charge in [0.05, 0.1) is 0 Å². The molecule has 9 heteroatoms. The number of aromatic nitrogens is 1. The van der Waals surface area contributed by atoms with Crippen molar-refractivity contribution in [2.24, 2.45) is 0 Å². The summed E-state index contributed by atoms with van der Waals surface area (Å²) in [6, 6.07) is 16.7. The molecule has 0 aliphatic carbocycles. The number of para-hydroxylation sites is 1. The molecule has 0 saturated carbocycles. The number of likely N-dealkylation sites (tertiary alicyclic amines) is 1. The molecule has 2 aromatic carbocycles. The molecule has 2 heterocycles. The summed E-state index contributed by atoms with van der Waals surface area (Å²) >= 11 is 4.43. The number of amides is 2. The molecule has 8 nitrogen and oxygen atoms in total. The monoisotopic (exact) mass is 467 g/mol. The first-order valence-corrected chi connectivity index (χ1v) is 11.2. The van der Waals surface area contributed by atoms with Crippen LogP contribution in [0.4, 0.5) is 4.79 Å². The number of H-pyrrole nitrogens is 1. The highest BCUT2D eigenvalue weighted by atomic mass is 32.1. The van der Waals surface area contributed by atoms with E-state index in [2.05, 4.69) is 22.9 Å². The number of nitrogens with one attached hydrogen (secondary N) is 2. The van der Waals surface area contributed by atoms with Crippen molar-refractivity contribution < 1.29 is 24.2 Å². The van der Waals surface area contributed by atoms with E-state index >= 15 is 0 Å². The predicted octanol–water partition coefficient (Wildman–Crippen LogP) is 2.99. The summed E-state index contributed by atoms with van der Waals surface area (Å²) in [6.45, 7) is 0.328. The van der Waals surface area contributed by atoms with Crippen molar-refractivity contribution in [3.8, 4) is 0 Å². The molecule has 0 unspecified atom stereocenters. The second kappa shape index (κ2) is 9.99. The van der Waals surface area contributed by atoms with Gasteiger partial charge in [-0.2, -0.15) is 12.6 Å². The Balaban J connectivity index is 1.41. The molecule has 3 atom stereocenters. The number of fused-ring (bicyclic) bond motifs is 1. The Morgan fingerprint density at radius 1 is 1.15 bits per heavy atom. The Morgan fingerprint density at radius 2 is 1.88 bits per heavy atom. The maximum Gasteiger partial charge on any atom is 0.410 e. The van der Waals surface area contributed by atoms with E-state index in [0.717, 1.165) is 16.5 Å². The van der Waals surface area contributed by atoms with Crippen LogP contribution in [0.25, 0.3) is 10.9 Å². The number of carboxylic acid groups (broad SMARTS) is 1. The highest BCUT2D eigenvalue weighted by Gasteiger charge is 2.40. The normalized spacial score (nSPS) is 18.8. The Labute approximate surface area is 196 Å². The standard InChI is InChI=1S/C24H25N3O5S/c28-22(26-20(23(29)30)11-17-10-16-8-4-5-9-19(16)25-17)21-12-18(33)13-27(21)24(31)32-14-15-6-2-1-3-7-15/h1-10,18,20-21,25,33H,11-14H2,(H,26,28)(H,29,30)/t18-,20+,21+/m1/s1. The van der Waals surface area contributed by atoms with Gasteiger partial charge in [-0.1, -0.05) is 48.5 Å². The van der Waals surface area contributed by atoms with Gasteiger partial charge in [-0.25, -0.2) is 9.59 Å². The van der Waals surface area contributed by atoms with Crippen molar-refractivity contribution in [2.45, 2.75) is 36.8 Å². The number of rotatable bonds is 7. The molecule has 0 bridgehead atoms. The van der Waals surface area contributed by atoms with E-state index in [1.165, 1.54) is 4.90 Å². The van der Waals surface area contributed by atoms with Crippen molar-refractivity contribution in [1.82, 2.24) is 15.2 Å². The number of benzene rings is 2. The first kappa shape index (κ1) is 22.7. The lowest BCUT2D eigenvalue weighted by atomic mass is 10.1. The molecule has 3 aromatic rings. The molecule has 0 radical (unpaired) electrons. The summed E-state index contributed by atoms with van der Waals surface area (Å²) in [5.41, 5.74) is 2.42. The van der Waals surface area contributed by atoms with Crippen molar-refractivity contribution in [3.05, 3.63) is 71.9 Å². The van der Waals surface area contributed by atoms with Crippen molar-refractivity contribution in [1.29, 1.82) is 0 Å². The molecule has 0 spiro atoms. The number of ether oxygens (including phenoxy) is 1. The number of aliphatic carboxylic acids is 1. The number of hydrogen-bond donors (Lipinski definition) is 4. The first-order chi connectivity index (χ1) is 15.9. The minimum atomic E-state index is -1.15. The van der Waals surface area contributed by atoms with Gasteiger partial charge in [-0.15, -0.1) is 0 Å². The lowest BCUT2D eigenvalue weighted by Crippen LogP contribution is -2.51. The van der Waals surface area contributed by atoms with Gasteiger partial charge in [0, 0.05) is 29.4 Å². The molecule has 172 valence electrons. The number of carbonyl (C=O) groups is 3. The molecule has 1 fully saturated rings. The van der Waals surface area contributed by atoms with Crippen LogP contribution in [-0.4, -0.2) is 56.8 Å². The van der Waals surface area contributed by atoms with Gasteiger partial charge in [0.1, 0.15) is 18.7 Å². The van der Waals surface area contributed by atoms with Crippen LogP contribution in [0, 0.1) is 0 Å². The molecule has 1 aliphatic heterocycles.